The van der Waals surface area contributed by atoms with Gasteiger partial charge in [0.25, 0.3) is 0 Å². The molecule has 0 aromatic carbocycles. The van der Waals surface area contributed by atoms with Crippen LogP contribution in [0.15, 0.2) is 0 Å². The van der Waals surface area contributed by atoms with Crippen molar-refractivity contribution in [1.29, 1.82) is 0 Å². The largest absolute Gasteiger partial charge is 0.480 e. The number of piperidine rings is 1. The summed E-state index contributed by atoms with van der Waals surface area (Å²) in [5.74, 6) is 0.956. The highest BCUT2D eigenvalue weighted by molar-refractivity contribution is 8.01. The van der Waals surface area contributed by atoms with Crippen molar-refractivity contribution < 1.29 is 9.90 Å². The lowest BCUT2D eigenvalue weighted by Crippen LogP contribution is -2.32. The normalized spacial score (nSPS) is 19.6. The molecule has 1 rings (SSSR count). The predicted molar refractivity (Wildman–Crippen MR) is 59.8 cm³/mol. The molecule has 0 aliphatic carbocycles. The molecule has 82 valence electrons. The molecule has 3 nitrogen and oxygen atoms in total. The molecule has 4 heteroatoms. The molecule has 0 bridgehead atoms. The lowest BCUT2D eigenvalue weighted by Gasteiger charge is -2.26. The van der Waals surface area contributed by atoms with Crippen LogP contribution in [0.3, 0.4) is 0 Å². The Balaban J connectivity index is 2.28. The Hall–Kier alpha value is -0.220. The number of nitrogens with one attached hydrogen (secondary N) is 1. The third-order valence-electron chi connectivity index (χ3n) is 2.65. The SMILES string of the molecule is CC(C)(SCC1CCNCC1)C(=O)O. The van der Waals surface area contributed by atoms with Gasteiger partial charge in [-0.25, -0.2) is 0 Å². The molecule has 0 unspecified atom stereocenters. The van der Waals surface area contributed by atoms with E-state index in [0.29, 0.717) is 5.92 Å². The molecule has 1 fully saturated rings. The number of rotatable bonds is 4. The van der Waals surface area contributed by atoms with Gasteiger partial charge < -0.3 is 10.4 Å². The molecule has 1 aliphatic heterocycles. The van der Waals surface area contributed by atoms with Crippen LogP contribution in [-0.4, -0.2) is 34.7 Å². The van der Waals surface area contributed by atoms with Crippen molar-refractivity contribution in [2.45, 2.75) is 31.4 Å². The third-order valence-corrected chi connectivity index (χ3v) is 4.19. The number of carbonyl (C=O) groups is 1. The number of carboxylic acid groups (broad SMARTS) is 1. The molecule has 0 atom stereocenters. The first-order valence-electron chi connectivity index (χ1n) is 5.10. The van der Waals surface area contributed by atoms with Crippen molar-refractivity contribution in [3.05, 3.63) is 0 Å². The highest BCUT2D eigenvalue weighted by Gasteiger charge is 2.28. The Morgan fingerprint density at radius 2 is 2.07 bits per heavy atom. The second-order valence-electron chi connectivity index (χ2n) is 4.32. The van der Waals surface area contributed by atoms with Crippen LogP contribution in [0.5, 0.6) is 0 Å². The van der Waals surface area contributed by atoms with Crippen molar-refractivity contribution >= 4 is 17.7 Å². The first-order chi connectivity index (χ1) is 6.52. The summed E-state index contributed by atoms with van der Waals surface area (Å²) in [6.45, 7) is 5.72. The summed E-state index contributed by atoms with van der Waals surface area (Å²) in [6, 6.07) is 0. The Morgan fingerprint density at radius 3 is 2.57 bits per heavy atom. The zero-order valence-electron chi connectivity index (χ0n) is 8.88. The lowest BCUT2D eigenvalue weighted by atomic mass is 10.0. The van der Waals surface area contributed by atoms with Crippen LogP contribution in [0.25, 0.3) is 0 Å². The first kappa shape index (κ1) is 11.9. The topological polar surface area (TPSA) is 49.3 Å². The van der Waals surface area contributed by atoms with E-state index in [1.165, 1.54) is 12.8 Å². The van der Waals surface area contributed by atoms with Crippen LogP contribution in [0.2, 0.25) is 0 Å². The van der Waals surface area contributed by atoms with Crippen molar-refractivity contribution in [2.24, 2.45) is 5.92 Å². The van der Waals surface area contributed by atoms with E-state index in [9.17, 15) is 4.79 Å². The summed E-state index contributed by atoms with van der Waals surface area (Å²) in [5, 5.41) is 12.2. The summed E-state index contributed by atoms with van der Waals surface area (Å²) >= 11 is 1.57. The van der Waals surface area contributed by atoms with E-state index < -0.39 is 10.7 Å². The van der Waals surface area contributed by atoms with Gasteiger partial charge in [-0.05, 0) is 51.4 Å². The second-order valence-corrected chi connectivity index (χ2v) is 5.96. The van der Waals surface area contributed by atoms with Gasteiger partial charge in [0, 0.05) is 0 Å². The average Bonchev–Trinajstić information content (AvgIpc) is 2.16. The van der Waals surface area contributed by atoms with E-state index in [0.717, 1.165) is 18.8 Å². The van der Waals surface area contributed by atoms with E-state index in [1.54, 1.807) is 25.6 Å². The predicted octanol–water partition coefficient (Wildman–Crippen LogP) is 1.58. The maximum Gasteiger partial charge on any atom is 0.319 e. The van der Waals surface area contributed by atoms with E-state index in [2.05, 4.69) is 5.32 Å². The minimum Gasteiger partial charge on any atom is -0.480 e. The molecule has 0 amide bonds. The fourth-order valence-electron chi connectivity index (χ4n) is 1.44. The highest BCUT2D eigenvalue weighted by atomic mass is 32.2. The molecule has 0 aromatic heterocycles. The second kappa shape index (κ2) is 5.03. The van der Waals surface area contributed by atoms with Crippen LogP contribution in [0.4, 0.5) is 0 Å². The van der Waals surface area contributed by atoms with Crippen LogP contribution in [0.1, 0.15) is 26.7 Å². The smallest absolute Gasteiger partial charge is 0.319 e. The number of aliphatic carboxylic acids is 1. The molecule has 1 saturated heterocycles. The quantitative estimate of drug-likeness (QED) is 0.750. The van der Waals surface area contributed by atoms with E-state index in [4.69, 9.17) is 5.11 Å². The standard InChI is InChI=1S/C10H19NO2S/c1-10(2,9(12)13)14-7-8-3-5-11-6-4-8/h8,11H,3-7H2,1-2H3,(H,12,13). The molecule has 0 aromatic rings. The molecule has 1 heterocycles. The monoisotopic (exact) mass is 217 g/mol. The number of hydrogen-bond acceptors (Lipinski definition) is 3. The van der Waals surface area contributed by atoms with Gasteiger partial charge in [0.05, 0.1) is 0 Å². The molecule has 0 spiro atoms. The molecular weight excluding hydrogens is 198 g/mol. The molecule has 2 N–H and O–H groups in total. The molecule has 14 heavy (non-hydrogen) atoms. The van der Waals surface area contributed by atoms with Gasteiger partial charge in [-0.15, -0.1) is 11.8 Å². The zero-order valence-corrected chi connectivity index (χ0v) is 9.69. The maximum absolute atomic E-state index is 10.9. The van der Waals surface area contributed by atoms with Gasteiger partial charge in [-0.1, -0.05) is 0 Å². The lowest BCUT2D eigenvalue weighted by molar-refractivity contribution is -0.138. The van der Waals surface area contributed by atoms with Gasteiger partial charge >= 0.3 is 5.97 Å². The van der Waals surface area contributed by atoms with Crippen molar-refractivity contribution in [2.75, 3.05) is 18.8 Å². The van der Waals surface area contributed by atoms with Crippen LogP contribution in [-0.2, 0) is 4.79 Å². The van der Waals surface area contributed by atoms with E-state index >= 15 is 0 Å². The summed E-state index contributed by atoms with van der Waals surface area (Å²) in [7, 11) is 0. The Kier molecular flexibility index (Phi) is 4.26. The van der Waals surface area contributed by atoms with Gasteiger partial charge in [-0.2, -0.15) is 0 Å². The summed E-state index contributed by atoms with van der Waals surface area (Å²) in [6.07, 6.45) is 2.37. The van der Waals surface area contributed by atoms with E-state index in [1.807, 2.05) is 0 Å². The van der Waals surface area contributed by atoms with E-state index in [-0.39, 0.29) is 0 Å². The maximum atomic E-state index is 10.9. The Labute approximate surface area is 89.6 Å². The molecular formula is C10H19NO2S. The van der Waals surface area contributed by atoms with Crippen molar-refractivity contribution in [3.63, 3.8) is 0 Å². The molecule has 0 saturated carbocycles. The summed E-state index contributed by atoms with van der Waals surface area (Å²) in [4.78, 5) is 10.9. The van der Waals surface area contributed by atoms with Gasteiger partial charge in [0.1, 0.15) is 4.75 Å². The van der Waals surface area contributed by atoms with Crippen molar-refractivity contribution in [1.82, 2.24) is 5.32 Å². The highest BCUT2D eigenvalue weighted by Crippen LogP contribution is 2.29. The number of carboxylic acids is 1. The fraction of sp³-hybridized carbons (Fsp3) is 0.900. The molecule has 1 aliphatic rings. The fourth-order valence-corrected chi connectivity index (χ4v) is 2.55. The van der Waals surface area contributed by atoms with Gasteiger partial charge in [0.15, 0.2) is 0 Å². The zero-order chi connectivity index (χ0) is 10.6. The van der Waals surface area contributed by atoms with Crippen LogP contribution < -0.4 is 5.32 Å². The Morgan fingerprint density at radius 1 is 1.50 bits per heavy atom. The van der Waals surface area contributed by atoms with Crippen molar-refractivity contribution in [3.8, 4) is 0 Å². The Bertz CT molecular complexity index is 200. The van der Waals surface area contributed by atoms with Gasteiger partial charge in [-0.3, -0.25) is 4.79 Å². The van der Waals surface area contributed by atoms with Crippen LogP contribution in [0, 0.1) is 5.92 Å². The molecule has 0 radical (unpaired) electrons. The average molecular weight is 217 g/mol. The minimum absolute atomic E-state index is 0.634. The third kappa shape index (κ3) is 3.50. The van der Waals surface area contributed by atoms with Crippen LogP contribution >= 0.6 is 11.8 Å². The minimum atomic E-state index is -0.712. The first-order valence-corrected chi connectivity index (χ1v) is 6.09. The number of thioether (sulfide) groups is 1. The summed E-state index contributed by atoms with van der Waals surface area (Å²) in [5.41, 5.74) is 0. The van der Waals surface area contributed by atoms with Gasteiger partial charge in [0.2, 0.25) is 0 Å². The number of hydrogen-bond donors (Lipinski definition) is 2. The summed E-state index contributed by atoms with van der Waals surface area (Å²) < 4.78 is -0.634.